The number of fused-ring (bicyclic) bond motifs is 3. The van der Waals surface area contributed by atoms with Crippen molar-refractivity contribution >= 4 is 59.6 Å². The summed E-state index contributed by atoms with van der Waals surface area (Å²) in [5, 5.41) is 11.7. The molecule has 3 aromatic carbocycles. The van der Waals surface area contributed by atoms with E-state index in [1.165, 1.54) is 10.8 Å². The highest BCUT2D eigenvalue weighted by Gasteiger charge is 2.18. The van der Waals surface area contributed by atoms with Crippen LogP contribution in [0.4, 0.5) is 0 Å². The quantitative estimate of drug-likeness (QED) is 0.226. The average molecular weight is 575 g/mol. The van der Waals surface area contributed by atoms with Gasteiger partial charge in [0.15, 0.2) is 6.10 Å². The highest BCUT2D eigenvalue weighted by atomic mass is 79.9. The second-order valence-corrected chi connectivity index (χ2v) is 9.70. The highest BCUT2D eigenvalue weighted by molar-refractivity contribution is 9.10. The first kappa shape index (κ1) is 23.8. The van der Waals surface area contributed by atoms with E-state index in [0.717, 1.165) is 37.7 Å². The third-order valence-corrected chi connectivity index (χ3v) is 6.50. The Kier molecular flexibility index (Phi) is 7.73. The Morgan fingerprint density at radius 1 is 0.939 bits per heavy atom. The minimum atomic E-state index is -0.936. The molecular weight excluding hydrogens is 550 g/mol. The van der Waals surface area contributed by atoms with Crippen LogP contribution in [0, 0.1) is 0 Å². The van der Waals surface area contributed by atoms with Gasteiger partial charge in [0.1, 0.15) is 12.4 Å². The Balaban J connectivity index is 1.45. The summed E-state index contributed by atoms with van der Waals surface area (Å²) in [7, 11) is 0. The number of carbonyl (C=O) groups is 1. The molecule has 0 fully saturated rings. The van der Waals surface area contributed by atoms with E-state index >= 15 is 0 Å². The fourth-order valence-corrected chi connectivity index (χ4v) is 4.68. The van der Waals surface area contributed by atoms with Gasteiger partial charge in [-0.3, -0.25) is 0 Å². The van der Waals surface area contributed by atoms with Crippen LogP contribution in [0.15, 0.2) is 69.6 Å². The molecule has 0 amide bonds. The van der Waals surface area contributed by atoms with Crippen LogP contribution in [0.5, 0.6) is 5.75 Å². The van der Waals surface area contributed by atoms with Crippen molar-refractivity contribution < 1.29 is 19.4 Å². The summed E-state index contributed by atoms with van der Waals surface area (Å²) in [5.74, 6) is -0.180. The van der Waals surface area contributed by atoms with Crippen LogP contribution in [0.2, 0.25) is 0 Å². The largest absolute Gasteiger partial charge is 0.492 e. The van der Waals surface area contributed by atoms with Crippen LogP contribution in [-0.4, -0.2) is 35.0 Å². The molecule has 0 saturated carbocycles. The van der Waals surface area contributed by atoms with Crippen LogP contribution in [0.25, 0.3) is 21.8 Å². The number of carboxylic acids is 1. The lowest BCUT2D eigenvalue weighted by molar-refractivity contribution is -0.150. The van der Waals surface area contributed by atoms with Crippen LogP contribution in [0.3, 0.4) is 0 Å². The summed E-state index contributed by atoms with van der Waals surface area (Å²) in [6.07, 6.45) is 0.297. The van der Waals surface area contributed by atoms with Crippen molar-refractivity contribution in [2.24, 2.45) is 0 Å². The smallest absolute Gasteiger partial charge is 0.333 e. The van der Waals surface area contributed by atoms with Gasteiger partial charge < -0.3 is 19.1 Å². The first-order valence-electron chi connectivity index (χ1n) is 10.9. The molecule has 1 heterocycles. The number of nitrogens with zero attached hydrogens (tertiary/aromatic N) is 1. The zero-order valence-electron chi connectivity index (χ0n) is 18.3. The molecule has 0 unspecified atom stereocenters. The number of hydrogen-bond donors (Lipinski definition) is 1. The summed E-state index contributed by atoms with van der Waals surface area (Å²) >= 11 is 7.17. The molecule has 172 valence electrons. The van der Waals surface area contributed by atoms with E-state index in [1.54, 1.807) is 0 Å². The van der Waals surface area contributed by atoms with E-state index in [2.05, 4.69) is 72.8 Å². The summed E-state index contributed by atoms with van der Waals surface area (Å²) in [6.45, 7) is 3.62. The molecule has 7 heteroatoms. The third kappa shape index (κ3) is 5.60. The van der Waals surface area contributed by atoms with E-state index < -0.39 is 12.1 Å². The second kappa shape index (κ2) is 10.7. The van der Waals surface area contributed by atoms with E-state index in [1.807, 2.05) is 31.2 Å². The molecule has 0 bridgehead atoms. The summed E-state index contributed by atoms with van der Waals surface area (Å²) < 4.78 is 15.8. The maximum absolute atomic E-state index is 11.4. The van der Waals surface area contributed by atoms with Gasteiger partial charge in [0.25, 0.3) is 0 Å². The molecule has 1 aromatic heterocycles. The molecule has 0 spiro atoms. The van der Waals surface area contributed by atoms with Gasteiger partial charge in [0, 0.05) is 43.8 Å². The Hall–Kier alpha value is -2.35. The molecule has 1 atom stereocenters. The first-order chi connectivity index (χ1) is 16.0. The van der Waals surface area contributed by atoms with Crippen molar-refractivity contribution in [1.29, 1.82) is 0 Å². The average Bonchev–Trinajstić information content (AvgIpc) is 3.09. The van der Waals surface area contributed by atoms with Crippen LogP contribution < -0.4 is 4.74 Å². The van der Waals surface area contributed by atoms with Crippen molar-refractivity contribution in [3.05, 3.63) is 75.2 Å². The molecule has 1 N–H and O–H groups in total. The Morgan fingerprint density at radius 3 is 2.09 bits per heavy atom. The van der Waals surface area contributed by atoms with Crippen molar-refractivity contribution in [1.82, 2.24) is 4.57 Å². The number of aromatic nitrogens is 1. The third-order valence-electron chi connectivity index (χ3n) is 5.52. The first-order valence-corrected chi connectivity index (χ1v) is 12.5. The number of hydrogen-bond acceptors (Lipinski definition) is 3. The van der Waals surface area contributed by atoms with Crippen molar-refractivity contribution in [3.63, 3.8) is 0 Å². The van der Waals surface area contributed by atoms with Crippen LogP contribution in [-0.2, 0) is 22.5 Å². The van der Waals surface area contributed by atoms with Crippen molar-refractivity contribution in [2.45, 2.75) is 32.4 Å². The number of aliphatic carboxylic acids is 1. The Morgan fingerprint density at radius 2 is 1.55 bits per heavy atom. The lowest BCUT2D eigenvalue weighted by Gasteiger charge is -2.14. The molecule has 33 heavy (non-hydrogen) atoms. The predicted molar refractivity (Wildman–Crippen MR) is 138 cm³/mol. The number of halogens is 2. The van der Waals surface area contributed by atoms with Gasteiger partial charge in [-0.1, -0.05) is 50.9 Å². The second-order valence-electron chi connectivity index (χ2n) is 7.87. The van der Waals surface area contributed by atoms with Crippen LogP contribution in [0.1, 0.15) is 18.9 Å². The van der Waals surface area contributed by atoms with Gasteiger partial charge in [-0.2, -0.15) is 0 Å². The fourth-order valence-electron chi connectivity index (χ4n) is 3.96. The minimum Gasteiger partial charge on any atom is -0.492 e. The van der Waals surface area contributed by atoms with E-state index in [0.29, 0.717) is 26.2 Å². The standard InChI is InChI=1S/C26H25Br2NO4/c1-2-12-33-25(26(30)31)14-17-3-7-20(8-4-17)32-13-11-29-23-9-5-18(27)15-21(23)22-16-19(28)6-10-24(22)29/h3-10,15-16,25H,2,11-14H2,1H3,(H,30,31)/t25-/m0/s1. The van der Waals surface area contributed by atoms with Gasteiger partial charge in [0.05, 0.1) is 6.54 Å². The lowest BCUT2D eigenvalue weighted by atomic mass is 10.1. The minimum absolute atomic E-state index is 0.335. The number of carboxylic acid groups (broad SMARTS) is 1. The molecule has 0 aliphatic carbocycles. The predicted octanol–water partition coefficient (Wildman–Crippen LogP) is 6.82. The monoisotopic (exact) mass is 573 g/mol. The lowest BCUT2D eigenvalue weighted by Crippen LogP contribution is -2.26. The van der Waals surface area contributed by atoms with Gasteiger partial charge in [-0.15, -0.1) is 0 Å². The highest BCUT2D eigenvalue weighted by Crippen LogP contribution is 2.33. The zero-order chi connectivity index (χ0) is 23.4. The van der Waals surface area contributed by atoms with E-state index in [4.69, 9.17) is 9.47 Å². The van der Waals surface area contributed by atoms with Crippen molar-refractivity contribution in [2.75, 3.05) is 13.2 Å². The van der Waals surface area contributed by atoms with Gasteiger partial charge in [-0.05, 0) is 60.5 Å². The topological polar surface area (TPSA) is 60.7 Å². The van der Waals surface area contributed by atoms with E-state index in [9.17, 15) is 9.90 Å². The molecule has 4 rings (SSSR count). The normalized spacial score (nSPS) is 12.3. The van der Waals surface area contributed by atoms with Gasteiger partial charge in [0.2, 0.25) is 0 Å². The summed E-state index contributed by atoms with van der Waals surface area (Å²) in [6, 6.07) is 20.2. The maximum atomic E-state index is 11.4. The van der Waals surface area contributed by atoms with Crippen LogP contribution >= 0.6 is 31.9 Å². The van der Waals surface area contributed by atoms with Gasteiger partial charge >= 0.3 is 5.97 Å². The molecule has 0 radical (unpaired) electrons. The molecule has 0 saturated heterocycles. The zero-order valence-corrected chi connectivity index (χ0v) is 21.4. The Labute approximate surface area is 209 Å². The Bertz CT molecular complexity index is 1210. The van der Waals surface area contributed by atoms with Gasteiger partial charge in [-0.25, -0.2) is 4.79 Å². The maximum Gasteiger partial charge on any atom is 0.333 e. The SMILES string of the molecule is CCCO[C@@H](Cc1ccc(OCCn2c3ccc(Br)cc3c3cc(Br)ccc32)cc1)C(=O)O. The number of rotatable bonds is 10. The van der Waals surface area contributed by atoms with Crippen molar-refractivity contribution in [3.8, 4) is 5.75 Å². The molecular formula is C26H25Br2NO4. The molecule has 0 aliphatic rings. The fraction of sp³-hybridized carbons (Fsp3) is 0.269. The molecule has 5 nitrogen and oxygen atoms in total. The number of benzene rings is 3. The molecule has 4 aromatic rings. The summed E-state index contributed by atoms with van der Waals surface area (Å²) in [5.41, 5.74) is 3.23. The molecule has 0 aliphatic heterocycles. The number of ether oxygens (including phenoxy) is 2. The van der Waals surface area contributed by atoms with E-state index in [-0.39, 0.29) is 0 Å². The summed E-state index contributed by atoms with van der Waals surface area (Å²) in [4.78, 5) is 11.4.